The van der Waals surface area contributed by atoms with Crippen molar-refractivity contribution in [2.24, 2.45) is 7.05 Å². The van der Waals surface area contributed by atoms with Crippen LogP contribution < -0.4 is 10.9 Å². The number of phenols is 1. The normalized spacial score (nSPS) is 17.1. The van der Waals surface area contributed by atoms with Gasteiger partial charge >= 0.3 is 0 Å². The molecule has 0 radical (unpaired) electrons. The Morgan fingerprint density at radius 2 is 1.83 bits per heavy atom. The first-order valence-electron chi connectivity index (χ1n) is 9.90. The van der Waals surface area contributed by atoms with Gasteiger partial charge in [-0.05, 0) is 61.8 Å². The Kier molecular flexibility index (Phi) is 5.50. The molecule has 4 rings (SSSR count). The third kappa shape index (κ3) is 4.04. The largest absolute Gasteiger partial charge is 0.507 e. The molecule has 1 aliphatic heterocycles. The Morgan fingerprint density at radius 3 is 2.53 bits per heavy atom. The van der Waals surface area contributed by atoms with Crippen molar-refractivity contribution in [2.45, 2.75) is 18.9 Å². The van der Waals surface area contributed by atoms with E-state index >= 15 is 0 Å². The van der Waals surface area contributed by atoms with E-state index in [0.717, 1.165) is 37.1 Å². The highest BCUT2D eigenvalue weighted by Gasteiger charge is 2.20. The molecule has 0 amide bonds. The van der Waals surface area contributed by atoms with Gasteiger partial charge in [0.05, 0.1) is 5.56 Å². The number of hydrogen-bond acceptors (Lipinski definition) is 6. The average Bonchev–Trinajstić information content (AvgIpc) is 2.73. The van der Waals surface area contributed by atoms with E-state index < -0.39 is 0 Å². The molecule has 0 unspecified atom stereocenters. The number of halogens is 1. The average molecular weight is 409 g/mol. The minimum atomic E-state index is -0.321. The van der Waals surface area contributed by atoms with Crippen LogP contribution in [0.15, 0.2) is 47.3 Å². The molecular weight excluding hydrogens is 385 g/mol. The number of piperidine rings is 1. The number of nitrogens with one attached hydrogen (secondary N) is 1. The number of hydrogen-bond donors (Lipinski definition) is 2. The number of rotatable bonds is 4. The summed E-state index contributed by atoms with van der Waals surface area (Å²) in [6, 6.07) is 11.2. The highest BCUT2D eigenvalue weighted by atomic mass is 19.1. The molecule has 1 aliphatic rings. The second kappa shape index (κ2) is 8.23. The van der Waals surface area contributed by atoms with E-state index in [2.05, 4.69) is 27.5 Å². The van der Waals surface area contributed by atoms with Gasteiger partial charge in [-0.25, -0.2) is 4.39 Å². The lowest BCUT2D eigenvalue weighted by atomic mass is 10.0. The molecule has 0 bridgehead atoms. The SMILES string of the molecule is CN1CCC[C@@H](Nc2nnc(-c3ccc(-c4ccc(F)cc4)cc3O)n(C)c2=O)C1. The number of aromatic hydroxyl groups is 1. The zero-order chi connectivity index (χ0) is 21.3. The fraction of sp³-hybridized carbons (Fsp3) is 0.318. The van der Waals surface area contributed by atoms with Crippen molar-refractivity contribution in [1.82, 2.24) is 19.7 Å². The smallest absolute Gasteiger partial charge is 0.296 e. The minimum Gasteiger partial charge on any atom is -0.507 e. The fourth-order valence-electron chi connectivity index (χ4n) is 3.81. The number of aromatic nitrogens is 3. The Bertz CT molecular complexity index is 1110. The van der Waals surface area contributed by atoms with E-state index in [9.17, 15) is 14.3 Å². The third-order valence-electron chi connectivity index (χ3n) is 5.45. The highest BCUT2D eigenvalue weighted by Crippen LogP contribution is 2.32. The molecule has 7 nitrogen and oxygen atoms in total. The van der Waals surface area contributed by atoms with Crippen LogP contribution >= 0.6 is 0 Å². The van der Waals surface area contributed by atoms with E-state index in [0.29, 0.717) is 5.56 Å². The number of likely N-dealkylation sites (N-methyl/N-ethyl adjacent to an activating group) is 1. The van der Waals surface area contributed by atoms with E-state index in [4.69, 9.17) is 0 Å². The van der Waals surface area contributed by atoms with E-state index in [1.54, 1.807) is 37.4 Å². The van der Waals surface area contributed by atoms with Gasteiger partial charge < -0.3 is 15.3 Å². The third-order valence-corrected chi connectivity index (χ3v) is 5.45. The maximum atomic E-state index is 13.1. The zero-order valence-corrected chi connectivity index (χ0v) is 17.0. The van der Waals surface area contributed by atoms with Crippen molar-refractivity contribution in [3.8, 4) is 28.3 Å². The van der Waals surface area contributed by atoms with Crippen LogP contribution in [0.25, 0.3) is 22.5 Å². The molecule has 1 atom stereocenters. The lowest BCUT2D eigenvalue weighted by Crippen LogP contribution is -2.41. The molecule has 2 aromatic carbocycles. The summed E-state index contributed by atoms with van der Waals surface area (Å²) < 4.78 is 14.5. The van der Waals surface area contributed by atoms with Crippen molar-refractivity contribution in [2.75, 3.05) is 25.5 Å². The van der Waals surface area contributed by atoms with Crippen LogP contribution in [0.2, 0.25) is 0 Å². The van der Waals surface area contributed by atoms with Gasteiger partial charge in [-0.15, -0.1) is 10.2 Å². The quantitative estimate of drug-likeness (QED) is 0.690. The number of benzene rings is 2. The molecule has 1 aromatic heterocycles. The fourth-order valence-corrected chi connectivity index (χ4v) is 3.81. The molecular formula is C22H24FN5O2. The van der Waals surface area contributed by atoms with Crippen LogP contribution in [0, 0.1) is 5.82 Å². The molecule has 0 saturated carbocycles. The lowest BCUT2D eigenvalue weighted by molar-refractivity contribution is 0.260. The van der Waals surface area contributed by atoms with Gasteiger partial charge in [0.2, 0.25) is 5.82 Å². The lowest BCUT2D eigenvalue weighted by Gasteiger charge is -2.30. The summed E-state index contributed by atoms with van der Waals surface area (Å²) in [5.74, 6) is 0.132. The van der Waals surface area contributed by atoms with E-state index in [1.165, 1.54) is 16.7 Å². The van der Waals surface area contributed by atoms with Crippen LogP contribution in [-0.4, -0.2) is 50.9 Å². The molecule has 2 N–H and O–H groups in total. The summed E-state index contributed by atoms with van der Waals surface area (Å²) in [5, 5.41) is 22.1. The van der Waals surface area contributed by atoms with Crippen molar-refractivity contribution >= 4 is 5.82 Å². The Hall–Kier alpha value is -3.26. The standard InChI is InChI=1S/C22H24FN5O2/c1-27-11-3-4-17(13-27)24-20-22(30)28(2)21(26-25-20)18-10-7-15(12-19(18)29)14-5-8-16(23)9-6-14/h5-10,12,17,29H,3-4,11,13H2,1-2H3,(H,24,25)/t17-/m1/s1. The van der Waals surface area contributed by atoms with Gasteiger partial charge in [0.1, 0.15) is 11.6 Å². The monoisotopic (exact) mass is 409 g/mol. The Morgan fingerprint density at radius 1 is 1.10 bits per heavy atom. The van der Waals surface area contributed by atoms with Gasteiger partial charge in [-0.3, -0.25) is 9.36 Å². The summed E-state index contributed by atoms with van der Waals surface area (Å²) in [4.78, 5) is 15.0. The van der Waals surface area contributed by atoms with Gasteiger partial charge in [0.15, 0.2) is 5.82 Å². The van der Waals surface area contributed by atoms with Crippen LogP contribution in [-0.2, 0) is 7.05 Å². The molecule has 2 heterocycles. The van der Waals surface area contributed by atoms with E-state index in [1.807, 2.05) is 0 Å². The first-order chi connectivity index (χ1) is 14.4. The van der Waals surface area contributed by atoms with Gasteiger partial charge in [-0.1, -0.05) is 18.2 Å². The molecule has 30 heavy (non-hydrogen) atoms. The molecule has 156 valence electrons. The van der Waals surface area contributed by atoms with Crippen LogP contribution in [0.5, 0.6) is 5.75 Å². The maximum absolute atomic E-state index is 13.1. The van der Waals surface area contributed by atoms with Crippen molar-refractivity contribution in [3.63, 3.8) is 0 Å². The van der Waals surface area contributed by atoms with Crippen molar-refractivity contribution < 1.29 is 9.50 Å². The molecule has 0 spiro atoms. The Balaban J connectivity index is 1.61. The summed E-state index contributed by atoms with van der Waals surface area (Å²) in [6.07, 6.45) is 2.04. The molecule has 0 aliphatic carbocycles. The molecule has 1 fully saturated rings. The predicted molar refractivity (Wildman–Crippen MR) is 114 cm³/mol. The van der Waals surface area contributed by atoms with Crippen LogP contribution in [0.1, 0.15) is 12.8 Å². The highest BCUT2D eigenvalue weighted by molar-refractivity contribution is 5.73. The van der Waals surface area contributed by atoms with Gasteiger partial charge in [0, 0.05) is 19.6 Å². The topological polar surface area (TPSA) is 83.3 Å². The molecule has 3 aromatic rings. The number of phenolic OH excluding ortho intramolecular Hbond substituents is 1. The summed E-state index contributed by atoms with van der Waals surface area (Å²) in [6.45, 7) is 1.90. The Labute approximate surface area is 173 Å². The van der Waals surface area contributed by atoms with Crippen LogP contribution in [0.4, 0.5) is 10.2 Å². The van der Waals surface area contributed by atoms with Gasteiger partial charge in [-0.2, -0.15) is 0 Å². The first-order valence-corrected chi connectivity index (χ1v) is 9.90. The van der Waals surface area contributed by atoms with Crippen molar-refractivity contribution in [3.05, 3.63) is 58.6 Å². The number of likely N-dealkylation sites (tertiary alicyclic amines) is 1. The summed E-state index contributed by atoms with van der Waals surface area (Å²) in [7, 11) is 3.66. The van der Waals surface area contributed by atoms with Crippen LogP contribution in [0.3, 0.4) is 0 Å². The predicted octanol–water partition coefficient (Wildman–Crippen LogP) is 2.86. The first kappa shape index (κ1) is 20.0. The second-order valence-electron chi connectivity index (χ2n) is 7.72. The molecule has 1 saturated heterocycles. The number of nitrogens with zero attached hydrogens (tertiary/aromatic N) is 4. The zero-order valence-electron chi connectivity index (χ0n) is 17.0. The number of anilines is 1. The summed E-state index contributed by atoms with van der Waals surface area (Å²) >= 11 is 0. The summed E-state index contributed by atoms with van der Waals surface area (Å²) in [5.41, 5.74) is 1.61. The van der Waals surface area contributed by atoms with Crippen molar-refractivity contribution in [1.29, 1.82) is 0 Å². The minimum absolute atomic E-state index is 0.0317. The second-order valence-corrected chi connectivity index (χ2v) is 7.72. The molecule has 8 heteroatoms. The van der Waals surface area contributed by atoms with E-state index in [-0.39, 0.29) is 34.8 Å². The van der Waals surface area contributed by atoms with Gasteiger partial charge in [0.25, 0.3) is 5.56 Å². The maximum Gasteiger partial charge on any atom is 0.296 e.